The van der Waals surface area contributed by atoms with E-state index in [9.17, 15) is 0 Å². The van der Waals surface area contributed by atoms with Crippen molar-refractivity contribution in [3.63, 3.8) is 0 Å². The molecule has 0 fully saturated rings. The molecule has 0 amide bonds. The highest BCUT2D eigenvalue weighted by molar-refractivity contribution is 7.99. The Labute approximate surface area is 168 Å². The third-order valence-electron chi connectivity index (χ3n) is 3.56. The van der Waals surface area contributed by atoms with Gasteiger partial charge in [0.25, 0.3) is 0 Å². The highest BCUT2D eigenvalue weighted by atomic mass is 32.2. The van der Waals surface area contributed by atoms with Crippen LogP contribution in [0.2, 0.25) is 0 Å². The molecule has 8 heteroatoms. The standard InChI is InChI=1S/C19H20N6S2/c1-14-13-16(27-19-21-11-6-12-22-19)24-17(23-14)25-18(26)20-10-5-9-15-7-3-2-4-8-15/h2-4,6-8,11-13H,5,9-10H2,1H3,(H2,20,23,24,25,26). The van der Waals surface area contributed by atoms with Gasteiger partial charge in [0, 0.05) is 24.6 Å². The number of hydrogen-bond donors (Lipinski definition) is 2. The Balaban J connectivity index is 1.50. The first-order valence-corrected chi connectivity index (χ1v) is 9.81. The summed E-state index contributed by atoms with van der Waals surface area (Å²) in [5.41, 5.74) is 2.17. The largest absolute Gasteiger partial charge is 0.362 e. The first kappa shape index (κ1) is 19.2. The monoisotopic (exact) mass is 396 g/mol. The van der Waals surface area contributed by atoms with Crippen molar-refractivity contribution in [1.29, 1.82) is 0 Å². The maximum Gasteiger partial charge on any atom is 0.230 e. The van der Waals surface area contributed by atoms with Gasteiger partial charge < -0.3 is 10.6 Å². The van der Waals surface area contributed by atoms with Crippen molar-refractivity contribution in [2.75, 3.05) is 11.9 Å². The lowest BCUT2D eigenvalue weighted by atomic mass is 10.1. The molecule has 0 saturated heterocycles. The van der Waals surface area contributed by atoms with Gasteiger partial charge in [-0.05, 0) is 61.4 Å². The maximum atomic E-state index is 5.35. The number of hydrogen-bond acceptors (Lipinski definition) is 6. The first-order valence-electron chi connectivity index (χ1n) is 8.58. The minimum Gasteiger partial charge on any atom is -0.362 e. The highest BCUT2D eigenvalue weighted by Crippen LogP contribution is 2.23. The number of thiocarbonyl (C=S) groups is 1. The maximum absolute atomic E-state index is 5.35. The number of nitrogens with zero attached hydrogens (tertiary/aromatic N) is 4. The zero-order valence-electron chi connectivity index (χ0n) is 14.9. The van der Waals surface area contributed by atoms with Gasteiger partial charge >= 0.3 is 0 Å². The molecule has 0 unspecified atom stereocenters. The van der Waals surface area contributed by atoms with Crippen LogP contribution in [0.1, 0.15) is 17.7 Å². The summed E-state index contributed by atoms with van der Waals surface area (Å²) in [4.78, 5) is 17.3. The summed E-state index contributed by atoms with van der Waals surface area (Å²) in [6.07, 6.45) is 5.41. The average molecular weight is 397 g/mol. The molecule has 3 aromatic rings. The van der Waals surface area contributed by atoms with E-state index in [2.05, 4.69) is 54.8 Å². The summed E-state index contributed by atoms with van der Waals surface area (Å²) in [5, 5.41) is 8.17. The van der Waals surface area contributed by atoms with E-state index < -0.39 is 0 Å². The van der Waals surface area contributed by atoms with Crippen LogP contribution in [0, 0.1) is 6.92 Å². The Morgan fingerprint density at radius 1 is 1.07 bits per heavy atom. The van der Waals surface area contributed by atoms with Crippen molar-refractivity contribution >= 4 is 35.0 Å². The number of rotatable bonds is 7. The molecule has 0 aliphatic heterocycles. The van der Waals surface area contributed by atoms with Crippen LogP contribution < -0.4 is 10.6 Å². The Morgan fingerprint density at radius 3 is 2.63 bits per heavy atom. The lowest BCUT2D eigenvalue weighted by Gasteiger charge is -2.10. The third kappa shape index (κ3) is 6.58. The number of benzene rings is 1. The Kier molecular flexibility index (Phi) is 7.06. The fraction of sp³-hybridized carbons (Fsp3) is 0.211. The molecule has 0 bridgehead atoms. The third-order valence-corrected chi connectivity index (χ3v) is 4.62. The smallest absolute Gasteiger partial charge is 0.230 e. The lowest BCUT2D eigenvalue weighted by molar-refractivity contribution is 0.777. The summed E-state index contributed by atoms with van der Waals surface area (Å²) in [5.74, 6) is 0.467. The van der Waals surface area contributed by atoms with Crippen LogP contribution in [0.3, 0.4) is 0 Å². The zero-order chi connectivity index (χ0) is 18.9. The average Bonchev–Trinajstić information content (AvgIpc) is 2.66. The molecule has 0 aliphatic rings. The lowest BCUT2D eigenvalue weighted by Crippen LogP contribution is -2.30. The van der Waals surface area contributed by atoms with Gasteiger partial charge in [-0.1, -0.05) is 30.3 Å². The van der Waals surface area contributed by atoms with E-state index in [-0.39, 0.29) is 0 Å². The Morgan fingerprint density at radius 2 is 1.85 bits per heavy atom. The van der Waals surface area contributed by atoms with Gasteiger partial charge in [0.1, 0.15) is 5.03 Å². The second kappa shape index (κ2) is 9.94. The van der Waals surface area contributed by atoms with Crippen molar-refractivity contribution in [3.05, 3.63) is 66.1 Å². The molecule has 0 atom stereocenters. The minimum atomic E-state index is 0.467. The van der Waals surface area contributed by atoms with Gasteiger partial charge in [-0.15, -0.1) is 0 Å². The SMILES string of the molecule is Cc1cc(Sc2ncccn2)nc(NC(=S)NCCCc2ccccc2)n1. The molecule has 27 heavy (non-hydrogen) atoms. The molecule has 3 rings (SSSR count). The second-order valence-corrected chi connectivity index (χ2v) is 7.17. The van der Waals surface area contributed by atoms with E-state index in [0.29, 0.717) is 16.2 Å². The van der Waals surface area contributed by atoms with E-state index >= 15 is 0 Å². The fourth-order valence-electron chi connectivity index (χ4n) is 2.36. The van der Waals surface area contributed by atoms with E-state index in [1.807, 2.05) is 19.1 Å². The topological polar surface area (TPSA) is 75.6 Å². The summed E-state index contributed by atoms with van der Waals surface area (Å²) >= 11 is 6.73. The van der Waals surface area contributed by atoms with E-state index in [4.69, 9.17) is 12.2 Å². The molecule has 2 aromatic heterocycles. The van der Waals surface area contributed by atoms with E-state index in [0.717, 1.165) is 30.1 Å². The number of nitrogens with one attached hydrogen (secondary N) is 2. The van der Waals surface area contributed by atoms with Crippen molar-refractivity contribution < 1.29 is 0 Å². The van der Waals surface area contributed by atoms with Gasteiger partial charge in [0.15, 0.2) is 10.3 Å². The first-order chi connectivity index (χ1) is 13.2. The van der Waals surface area contributed by atoms with Gasteiger partial charge in [-0.2, -0.15) is 0 Å². The second-order valence-electron chi connectivity index (χ2n) is 5.77. The van der Waals surface area contributed by atoms with Crippen LogP contribution in [0.25, 0.3) is 0 Å². The summed E-state index contributed by atoms with van der Waals surface area (Å²) < 4.78 is 0. The summed E-state index contributed by atoms with van der Waals surface area (Å²) in [7, 11) is 0. The molecule has 0 aliphatic carbocycles. The van der Waals surface area contributed by atoms with E-state index in [1.54, 1.807) is 18.5 Å². The van der Waals surface area contributed by atoms with Crippen LogP contribution in [-0.2, 0) is 6.42 Å². The van der Waals surface area contributed by atoms with Crippen molar-refractivity contribution in [1.82, 2.24) is 25.3 Å². The minimum absolute atomic E-state index is 0.467. The molecular weight excluding hydrogens is 376 g/mol. The number of anilines is 1. The molecule has 6 nitrogen and oxygen atoms in total. The van der Waals surface area contributed by atoms with Crippen molar-refractivity contribution in [2.24, 2.45) is 0 Å². The van der Waals surface area contributed by atoms with Crippen LogP contribution >= 0.6 is 24.0 Å². The number of aryl methyl sites for hydroxylation is 2. The number of aromatic nitrogens is 4. The van der Waals surface area contributed by atoms with Crippen LogP contribution in [0.5, 0.6) is 0 Å². The van der Waals surface area contributed by atoms with Crippen molar-refractivity contribution in [2.45, 2.75) is 29.9 Å². The molecule has 2 N–H and O–H groups in total. The molecule has 138 valence electrons. The van der Waals surface area contributed by atoms with Crippen LogP contribution in [0.15, 0.2) is 65.0 Å². The molecule has 1 aromatic carbocycles. The predicted octanol–water partition coefficient (Wildman–Crippen LogP) is 3.65. The van der Waals surface area contributed by atoms with Crippen molar-refractivity contribution in [3.8, 4) is 0 Å². The summed E-state index contributed by atoms with van der Waals surface area (Å²) in [6, 6.07) is 14.1. The normalized spacial score (nSPS) is 10.4. The summed E-state index contributed by atoms with van der Waals surface area (Å²) in [6.45, 7) is 2.70. The van der Waals surface area contributed by atoms with Crippen LogP contribution in [-0.4, -0.2) is 31.6 Å². The highest BCUT2D eigenvalue weighted by Gasteiger charge is 2.07. The zero-order valence-corrected chi connectivity index (χ0v) is 16.6. The molecule has 0 saturated carbocycles. The van der Waals surface area contributed by atoms with Gasteiger partial charge in [-0.3, -0.25) is 0 Å². The molecular formula is C19H20N6S2. The molecule has 0 spiro atoms. The molecule has 0 radical (unpaired) electrons. The van der Waals surface area contributed by atoms with E-state index in [1.165, 1.54) is 17.3 Å². The fourth-order valence-corrected chi connectivity index (χ4v) is 3.33. The Hall–Kier alpha value is -2.58. The Bertz CT molecular complexity index is 874. The quantitative estimate of drug-likeness (QED) is 0.271. The van der Waals surface area contributed by atoms with Gasteiger partial charge in [0.05, 0.1) is 0 Å². The van der Waals surface area contributed by atoms with Gasteiger partial charge in [0.2, 0.25) is 5.95 Å². The van der Waals surface area contributed by atoms with Crippen LogP contribution in [0.4, 0.5) is 5.95 Å². The van der Waals surface area contributed by atoms with Gasteiger partial charge in [-0.25, -0.2) is 19.9 Å². The molecule has 2 heterocycles. The predicted molar refractivity (Wildman–Crippen MR) is 112 cm³/mol.